The van der Waals surface area contributed by atoms with E-state index >= 15 is 0 Å². The molecule has 1 aromatic carbocycles. The lowest BCUT2D eigenvalue weighted by Crippen LogP contribution is -2.49. The van der Waals surface area contributed by atoms with E-state index in [1.54, 1.807) is 24.3 Å². The molecule has 4 atom stereocenters. The van der Waals surface area contributed by atoms with Crippen LogP contribution in [0.2, 0.25) is 0 Å². The molecule has 1 fully saturated rings. The van der Waals surface area contributed by atoms with Gasteiger partial charge in [0.1, 0.15) is 10.6 Å². The lowest BCUT2D eigenvalue weighted by atomic mass is 9.80. The third-order valence-corrected chi connectivity index (χ3v) is 6.65. The molecular weight excluding hydrogens is 274 g/mol. The van der Waals surface area contributed by atoms with Crippen LogP contribution in [0.5, 0.6) is 5.75 Å². The first-order chi connectivity index (χ1) is 9.37. The lowest BCUT2D eigenvalue weighted by molar-refractivity contribution is 0.271. The van der Waals surface area contributed by atoms with Crippen molar-refractivity contribution in [1.82, 2.24) is 0 Å². The highest BCUT2D eigenvalue weighted by Gasteiger charge is 2.42. The van der Waals surface area contributed by atoms with Gasteiger partial charge in [0.15, 0.2) is 9.84 Å². The Balaban J connectivity index is 2.44. The fourth-order valence-electron chi connectivity index (χ4n) is 3.42. The van der Waals surface area contributed by atoms with Crippen molar-refractivity contribution in [2.24, 2.45) is 17.6 Å². The first kappa shape index (κ1) is 15.3. The summed E-state index contributed by atoms with van der Waals surface area (Å²) < 4.78 is 31.1. The third kappa shape index (κ3) is 2.69. The Hall–Kier alpha value is -1.07. The Morgan fingerprint density at radius 2 is 1.85 bits per heavy atom. The van der Waals surface area contributed by atoms with Gasteiger partial charge in [-0.25, -0.2) is 8.42 Å². The number of methoxy groups -OCH3 is 1. The molecule has 20 heavy (non-hydrogen) atoms. The van der Waals surface area contributed by atoms with E-state index in [4.69, 9.17) is 10.5 Å². The molecule has 1 aliphatic carbocycles. The maximum atomic E-state index is 12.9. The van der Waals surface area contributed by atoms with Gasteiger partial charge in [-0.3, -0.25) is 0 Å². The van der Waals surface area contributed by atoms with Crippen LogP contribution >= 0.6 is 0 Å². The number of hydrogen-bond donors (Lipinski definition) is 1. The predicted octanol–water partition coefficient (Wildman–Crippen LogP) is 2.23. The summed E-state index contributed by atoms with van der Waals surface area (Å²) in [6, 6.07) is 6.45. The number of benzene rings is 1. The number of sulfone groups is 1. The van der Waals surface area contributed by atoms with Gasteiger partial charge in [0, 0.05) is 6.04 Å². The molecule has 1 aromatic rings. The van der Waals surface area contributed by atoms with Crippen molar-refractivity contribution in [3.8, 4) is 5.75 Å². The fourth-order valence-corrected chi connectivity index (χ4v) is 5.71. The standard InChI is InChI=1S/C15H23NO3S/c1-10-8-11(2)15(12(16)9-10)20(17,18)14-7-5-4-6-13(14)19-3/h4-7,10-12,15H,8-9,16H2,1-3H3. The van der Waals surface area contributed by atoms with Crippen molar-refractivity contribution >= 4 is 9.84 Å². The van der Waals surface area contributed by atoms with Gasteiger partial charge < -0.3 is 10.5 Å². The second kappa shape index (κ2) is 5.74. The van der Waals surface area contributed by atoms with Gasteiger partial charge in [0.2, 0.25) is 0 Å². The maximum absolute atomic E-state index is 12.9. The van der Waals surface area contributed by atoms with E-state index in [1.165, 1.54) is 7.11 Å². The summed E-state index contributed by atoms with van der Waals surface area (Å²) in [6.45, 7) is 4.11. The molecule has 0 saturated heterocycles. The number of rotatable bonds is 3. The van der Waals surface area contributed by atoms with E-state index in [9.17, 15) is 8.42 Å². The Labute approximate surface area is 121 Å². The Bertz CT molecular complexity index is 558. The molecule has 0 heterocycles. The number of ether oxygens (including phenoxy) is 1. The molecule has 0 aliphatic heterocycles. The van der Waals surface area contributed by atoms with E-state index in [0.29, 0.717) is 11.7 Å². The van der Waals surface area contributed by atoms with E-state index in [2.05, 4.69) is 6.92 Å². The van der Waals surface area contributed by atoms with E-state index < -0.39 is 15.1 Å². The van der Waals surface area contributed by atoms with Gasteiger partial charge >= 0.3 is 0 Å². The zero-order valence-electron chi connectivity index (χ0n) is 12.2. The molecule has 4 unspecified atom stereocenters. The molecule has 0 aromatic heterocycles. The summed E-state index contributed by atoms with van der Waals surface area (Å²) in [7, 11) is -1.99. The van der Waals surface area contributed by atoms with Crippen molar-refractivity contribution in [3.63, 3.8) is 0 Å². The van der Waals surface area contributed by atoms with Crippen molar-refractivity contribution in [2.45, 2.75) is 42.9 Å². The fraction of sp³-hybridized carbons (Fsp3) is 0.600. The average molecular weight is 297 g/mol. The largest absolute Gasteiger partial charge is 0.495 e. The number of nitrogens with two attached hydrogens (primary N) is 1. The van der Waals surface area contributed by atoms with E-state index in [1.807, 2.05) is 6.92 Å². The maximum Gasteiger partial charge on any atom is 0.186 e. The number of hydrogen-bond acceptors (Lipinski definition) is 4. The minimum atomic E-state index is -3.48. The second-order valence-corrected chi connectivity index (χ2v) is 7.95. The van der Waals surface area contributed by atoms with Crippen LogP contribution in [0.4, 0.5) is 0 Å². The highest BCUT2D eigenvalue weighted by Crippen LogP contribution is 2.37. The van der Waals surface area contributed by atoms with Gasteiger partial charge in [-0.1, -0.05) is 26.0 Å². The van der Waals surface area contributed by atoms with Crippen molar-refractivity contribution in [1.29, 1.82) is 0 Å². The van der Waals surface area contributed by atoms with Crippen LogP contribution in [0.3, 0.4) is 0 Å². The molecule has 0 amide bonds. The second-order valence-electron chi connectivity index (χ2n) is 5.88. The SMILES string of the molecule is COc1ccccc1S(=O)(=O)C1C(C)CC(C)CC1N. The van der Waals surface area contributed by atoms with Gasteiger partial charge in [-0.2, -0.15) is 0 Å². The summed E-state index contributed by atoms with van der Waals surface area (Å²) in [5, 5.41) is -0.532. The molecule has 0 spiro atoms. The molecule has 5 heteroatoms. The molecule has 112 valence electrons. The zero-order valence-corrected chi connectivity index (χ0v) is 13.1. The molecule has 4 nitrogen and oxygen atoms in total. The van der Waals surface area contributed by atoms with Crippen LogP contribution in [-0.4, -0.2) is 26.8 Å². The van der Waals surface area contributed by atoms with Crippen LogP contribution in [0, 0.1) is 11.8 Å². The molecule has 2 rings (SSSR count). The first-order valence-electron chi connectivity index (χ1n) is 7.00. The highest BCUT2D eigenvalue weighted by atomic mass is 32.2. The highest BCUT2D eigenvalue weighted by molar-refractivity contribution is 7.92. The average Bonchev–Trinajstić information content (AvgIpc) is 2.37. The molecular formula is C15H23NO3S. The molecule has 1 aliphatic rings. The first-order valence-corrected chi connectivity index (χ1v) is 8.55. The van der Waals surface area contributed by atoms with Crippen LogP contribution in [0.15, 0.2) is 29.2 Å². The predicted molar refractivity (Wildman–Crippen MR) is 79.5 cm³/mol. The van der Waals surface area contributed by atoms with Crippen molar-refractivity contribution in [2.75, 3.05) is 7.11 Å². The summed E-state index contributed by atoms with van der Waals surface area (Å²) in [5.74, 6) is 0.929. The normalized spacial score (nSPS) is 31.0. The topological polar surface area (TPSA) is 69.4 Å². The quantitative estimate of drug-likeness (QED) is 0.929. The van der Waals surface area contributed by atoms with E-state index in [-0.39, 0.29) is 16.9 Å². The summed E-state index contributed by atoms with van der Waals surface area (Å²) >= 11 is 0. The van der Waals surface area contributed by atoms with E-state index in [0.717, 1.165) is 12.8 Å². The van der Waals surface area contributed by atoms with Crippen molar-refractivity contribution < 1.29 is 13.2 Å². The molecule has 0 radical (unpaired) electrons. The molecule has 2 N–H and O–H groups in total. The van der Waals surface area contributed by atoms with Gasteiger partial charge in [-0.05, 0) is 36.8 Å². The Morgan fingerprint density at radius 1 is 1.20 bits per heavy atom. The Kier molecular flexibility index (Phi) is 4.39. The monoisotopic (exact) mass is 297 g/mol. The smallest absolute Gasteiger partial charge is 0.186 e. The van der Waals surface area contributed by atoms with Gasteiger partial charge in [0.25, 0.3) is 0 Å². The van der Waals surface area contributed by atoms with Crippen molar-refractivity contribution in [3.05, 3.63) is 24.3 Å². The van der Waals surface area contributed by atoms with Gasteiger partial charge in [0.05, 0.1) is 12.4 Å². The lowest BCUT2D eigenvalue weighted by Gasteiger charge is -2.37. The Morgan fingerprint density at radius 3 is 2.45 bits per heavy atom. The minimum absolute atomic E-state index is 0.0589. The van der Waals surface area contributed by atoms with Crippen LogP contribution in [0.1, 0.15) is 26.7 Å². The summed E-state index contributed by atoms with van der Waals surface area (Å²) in [4.78, 5) is 0.254. The zero-order chi connectivity index (χ0) is 14.9. The third-order valence-electron chi connectivity index (χ3n) is 4.17. The van der Waals surface area contributed by atoms with Crippen LogP contribution < -0.4 is 10.5 Å². The molecule has 1 saturated carbocycles. The summed E-state index contributed by atoms with van der Waals surface area (Å²) in [6.07, 6.45) is 1.65. The van der Waals surface area contributed by atoms with Crippen LogP contribution in [0.25, 0.3) is 0 Å². The molecule has 0 bridgehead atoms. The number of para-hydroxylation sites is 1. The van der Waals surface area contributed by atoms with Crippen LogP contribution in [-0.2, 0) is 9.84 Å². The minimum Gasteiger partial charge on any atom is -0.495 e. The summed E-state index contributed by atoms with van der Waals surface area (Å²) in [5.41, 5.74) is 6.15. The van der Waals surface area contributed by atoms with Gasteiger partial charge in [-0.15, -0.1) is 0 Å².